The maximum absolute atomic E-state index is 12.5. The van der Waals surface area contributed by atoms with Crippen LogP contribution in [0, 0.1) is 0 Å². The number of carbonyl (C=O) groups is 1. The number of aromatic nitrogens is 2. The highest BCUT2D eigenvalue weighted by Crippen LogP contribution is 2.24. The molecule has 128 valence electrons. The molecular formula is C20H21N3O2. The van der Waals surface area contributed by atoms with Gasteiger partial charge in [0.15, 0.2) is 0 Å². The molecular weight excluding hydrogens is 314 g/mol. The predicted octanol–water partition coefficient (Wildman–Crippen LogP) is 3.43. The van der Waals surface area contributed by atoms with Crippen LogP contribution in [0.4, 0.5) is 0 Å². The number of amides is 1. The fraction of sp³-hybridized carbons (Fsp3) is 0.200. The number of ether oxygens (including phenoxy) is 1. The van der Waals surface area contributed by atoms with Crippen molar-refractivity contribution in [3.8, 4) is 5.75 Å². The Balaban J connectivity index is 1.66. The van der Waals surface area contributed by atoms with Crippen LogP contribution in [0.2, 0.25) is 0 Å². The summed E-state index contributed by atoms with van der Waals surface area (Å²) in [6, 6.07) is 15.2. The van der Waals surface area contributed by atoms with Crippen molar-refractivity contribution in [2.45, 2.75) is 19.5 Å². The number of nitrogens with one attached hydrogen (secondary N) is 1. The van der Waals surface area contributed by atoms with Gasteiger partial charge in [-0.1, -0.05) is 30.3 Å². The SMILES string of the molecule is COc1ccccc1C(C)NC(=O)c1ccc(Cn2ccnc2)cc1. The van der Waals surface area contributed by atoms with Gasteiger partial charge in [0.1, 0.15) is 5.75 Å². The van der Waals surface area contributed by atoms with Gasteiger partial charge in [0.25, 0.3) is 5.91 Å². The molecule has 3 rings (SSSR count). The summed E-state index contributed by atoms with van der Waals surface area (Å²) in [5.74, 6) is 0.665. The monoisotopic (exact) mass is 335 g/mol. The van der Waals surface area contributed by atoms with Gasteiger partial charge in [0.05, 0.1) is 19.5 Å². The van der Waals surface area contributed by atoms with Crippen LogP contribution in [0.5, 0.6) is 5.75 Å². The molecule has 1 unspecified atom stereocenters. The molecule has 1 atom stereocenters. The van der Waals surface area contributed by atoms with E-state index in [4.69, 9.17) is 4.74 Å². The van der Waals surface area contributed by atoms with Crippen molar-refractivity contribution in [3.63, 3.8) is 0 Å². The quantitative estimate of drug-likeness (QED) is 0.751. The molecule has 1 N–H and O–H groups in total. The molecule has 0 radical (unpaired) electrons. The molecule has 1 amide bonds. The molecule has 0 aliphatic rings. The number of imidazole rings is 1. The Kier molecular flexibility index (Phi) is 5.14. The zero-order valence-corrected chi connectivity index (χ0v) is 14.3. The standard InChI is InChI=1S/C20H21N3O2/c1-15(18-5-3-4-6-19(18)25-2)22-20(24)17-9-7-16(8-10-17)13-23-12-11-21-14-23/h3-12,14-15H,13H2,1-2H3,(H,22,24). The number of hydrogen-bond acceptors (Lipinski definition) is 3. The maximum atomic E-state index is 12.5. The molecule has 0 saturated carbocycles. The van der Waals surface area contributed by atoms with Gasteiger partial charge in [0, 0.05) is 30.1 Å². The first-order chi connectivity index (χ1) is 12.2. The van der Waals surface area contributed by atoms with Gasteiger partial charge in [-0.2, -0.15) is 0 Å². The Morgan fingerprint density at radius 1 is 1.20 bits per heavy atom. The molecule has 5 heteroatoms. The van der Waals surface area contributed by atoms with E-state index in [1.165, 1.54) is 0 Å². The fourth-order valence-corrected chi connectivity index (χ4v) is 2.73. The van der Waals surface area contributed by atoms with Crippen molar-refractivity contribution in [1.82, 2.24) is 14.9 Å². The van der Waals surface area contributed by atoms with Crippen LogP contribution in [0.15, 0.2) is 67.3 Å². The smallest absolute Gasteiger partial charge is 0.251 e. The largest absolute Gasteiger partial charge is 0.496 e. The van der Waals surface area contributed by atoms with Crippen LogP contribution in [0.3, 0.4) is 0 Å². The lowest BCUT2D eigenvalue weighted by molar-refractivity contribution is 0.0939. The fourth-order valence-electron chi connectivity index (χ4n) is 2.73. The first kappa shape index (κ1) is 16.8. The van der Waals surface area contributed by atoms with Gasteiger partial charge < -0.3 is 14.6 Å². The van der Waals surface area contributed by atoms with Crippen LogP contribution in [-0.4, -0.2) is 22.6 Å². The summed E-state index contributed by atoms with van der Waals surface area (Å²) in [7, 11) is 1.63. The molecule has 0 bridgehead atoms. The molecule has 0 spiro atoms. The third-order valence-electron chi connectivity index (χ3n) is 4.09. The summed E-state index contributed by atoms with van der Waals surface area (Å²) in [4.78, 5) is 16.5. The van der Waals surface area contributed by atoms with Crippen LogP contribution in [-0.2, 0) is 6.54 Å². The number of nitrogens with zero attached hydrogens (tertiary/aromatic N) is 2. The van der Waals surface area contributed by atoms with Gasteiger partial charge in [-0.05, 0) is 30.7 Å². The molecule has 0 aliphatic carbocycles. The second kappa shape index (κ2) is 7.66. The zero-order chi connectivity index (χ0) is 17.6. The van der Waals surface area contributed by atoms with Crippen LogP contribution < -0.4 is 10.1 Å². The summed E-state index contributed by atoms with van der Waals surface area (Å²) in [5.41, 5.74) is 2.71. The van der Waals surface area contributed by atoms with E-state index in [2.05, 4.69) is 10.3 Å². The van der Waals surface area contributed by atoms with E-state index in [-0.39, 0.29) is 11.9 Å². The molecule has 0 aliphatic heterocycles. The van der Waals surface area contributed by atoms with Gasteiger partial charge in [-0.25, -0.2) is 4.98 Å². The zero-order valence-electron chi connectivity index (χ0n) is 14.3. The van der Waals surface area contributed by atoms with E-state index in [1.807, 2.05) is 66.2 Å². The van der Waals surface area contributed by atoms with E-state index in [1.54, 1.807) is 19.6 Å². The molecule has 1 heterocycles. The van der Waals surface area contributed by atoms with Gasteiger partial charge >= 0.3 is 0 Å². The van der Waals surface area contributed by atoms with Gasteiger partial charge in [-0.3, -0.25) is 4.79 Å². The van der Waals surface area contributed by atoms with Gasteiger partial charge in [-0.15, -0.1) is 0 Å². The second-order valence-corrected chi connectivity index (χ2v) is 5.87. The van der Waals surface area contributed by atoms with Crippen molar-refractivity contribution in [1.29, 1.82) is 0 Å². The summed E-state index contributed by atoms with van der Waals surface area (Å²) in [6.07, 6.45) is 5.44. The number of rotatable bonds is 6. The Morgan fingerprint density at radius 3 is 2.64 bits per heavy atom. The van der Waals surface area contributed by atoms with Crippen LogP contribution in [0.25, 0.3) is 0 Å². The molecule has 1 aromatic heterocycles. The summed E-state index contributed by atoms with van der Waals surface area (Å²) in [5, 5.41) is 3.02. The van der Waals surface area contributed by atoms with E-state index in [0.717, 1.165) is 23.4 Å². The first-order valence-electron chi connectivity index (χ1n) is 8.16. The molecule has 0 saturated heterocycles. The lowest BCUT2D eigenvalue weighted by Gasteiger charge is -2.17. The van der Waals surface area contributed by atoms with Crippen molar-refractivity contribution >= 4 is 5.91 Å². The molecule has 3 aromatic rings. The molecule has 0 fully saturated rings. The minimum Gasteiger partial charge on any atom is -0.496 e. The number of carbonyl (C=O) groups excluding carboxylic acids is 1. The summed E-state index contributed by atoms with van der Waals surface area (Å²) in [6.45, 7) is 2.68. The lowest BCUT2D eigenvalue weighted by atomic mass is 10.1. The third-order valence-corrected chi connectivity index (χ3v) is 4.09. The highest BCUT2D eigenvalue weighted by atomic mass is 16.5. The highest BCUT2D eigenvalue weighted by Gasteiger charge is 2.14. The number of benzene rings is 2. The van der Waals surface area contributed by atoms with Crippen LogP contribution in [0.1, 0.15) is 34.5 Å². The molecule has 5 nitrogen and oxygen atoms in total. The third kappa shape index (κ3) is 4.07. The summed E-state index contributed by atoms with van der Waals surface area (Å²) >= 11 is 0. The second-order valence-electron chi connectivity index (χ2n) is 5.87. The van der Waals surface area contributed by atoms with E-state index >= 15 is 0 Å². The summed E-state index contributed by atoms with van der Waals surface area (Å²) < 4.78 is 7.35. The lowest BCUT2D eigenvalue weighted by Crippen LogP contribution is -2.26. The average Bonchev–Trinajstić information content (AvgIpc) is 3.15. The number of para-hydroxylation sites is 1. The normalized spacial score (nSPS) is 11.8. The van der Waals surface area contributed by atoms with Crippen molar-refractivity contribution in [2.24, 2.45) is 0 Å². The van der Waals surface area contributed by atoms with E-state index < -0.39 is 0 Å². The first-order valence-corrected chi connectivity index (χ1v) is 8.16. The Morgan fingerprint density at radius 2 is 1.96 bits per heavy atom. The average molecular weight is 335 g/mol. The van der Waals surface area contributed by atoms with Crippen molar-refractivity contribution in [2.75, 3.05) is 7.11 Å². The topological polar surface area (TPSA) is 56.1 Å². The van der Waals surface area contributed by atoms with E-state index in [0.29, 0.717) is 5.56 Å². The van der Waals surface area contributed by atoms with Crippen molar-refractivity contribution < 1.29 is 9.53 Å². The predicted molar refractivity (Wildman–Crippen MR) is 96.6 cm³/mol. The highest BCUT2D eigenvalue weighted by molar-refractivity contribution is 5.94. The number of methoxy groups -OCH3 is 1. The van der Waals surface area contributed by atoms with Crippen LogP contribution >= 0.6 is 0 Å². The Hall–Kier alpha value is -3.08. The van der Waals surface area contributed by atoms with E-state index in [9.17, 15) is 4.79 Å². The molecule has 2 aromatic carbocycles. The minimum atomic E-state index is -0.144. The minimum absolute atomic E-state index is 0.104. The van der Waals surface area contributed by atoms with Gasteiger partial charge in [0.2, 0.25) is 0 Å². The number of hydrogen-bond donors (Lipinski definition) is 1. The van der Waals surface area contributed by atoms with Crippen molar-refractivity contribution in [3.05, 3.63) is 83.9 Å². The Labute approximate surface area is 147 Å². The maximum Gasteiger partial charge on any atom is 0.251 e. The Bertz CT molecular complexity index is 826. The molecule has 25 heavy (non-hydrogen) atoms.